The standard InChI is InChI=1S/C17H21N5O2/c23-17-13-3-7-22(11-12-2-1-9-24-12)8-4-14(13)20-16(21-17)15-10-18-5-6-19-15/h5-6,10,12H,1-4,7-9,11H2,(H,20,21,23)/t12-/m0/s1. The third-order valence-electron chi connectivity index (χ3n) is 4.74. The molecule has 4 rings (SSSR count). The zero-order valence-electron chi connectivity index (χ0n) is 13.6. The maximum Gasteiger partial charge on any atom is 0.254 e. The van der Waals surface area contributed by atoms with Gasteiger partial charge < -0.3 is 14.6 Å². The number of aromatic amines is 1. The van der Waals surface area contributed by atoms with E-state index in [0.29, 0.717) is 17.6 Å². The van der Waals surface area contributed by atoms with E-state index in [1.54, 1.807) is 18.6 Å². The second-order valence-corrected chi connectivity index (χ2v) is 6.37. The highest BCUT2D eigenvalue weighted by Crippen LogP contribution is 2.17. The number of rotatable bonds is 3. The summed E-state index contributed by atoms with van der Waals surface area (Å²) in [4.78, 5) is 30.6. The van der Waals surface area contributed by atoms with Gasteiger partial charge in [0.15, 0.2) is 5.82 Å². The molecule has 7 heteroatoms. The zero-order chi connectivity index (χ0) is 16.4. The smallest absolute Gasteiger partial charge is 0.254 e. The van der Waals surface area contributed by atoms with Crippen molar-refractivity contribution in [3.63, 3.8) is 0 Å². The second-order valence-electron chi connectivity index (χ2n) is 6.37. The molecule has 4 heterocycles. The molecule has 2 aromatic rings. The summed E-state index contributed by atoms with van der Waals surface area (Å²) >= 11 is 0. The van der Waals surface area contributed by atoms with E-state index in [-0.39, 0.29) is 5.56 Å². The molecule has 0 amide bonds. The molecular weight excluding hydrogens is 306 g/mol. The molecule has 0 aliphatic carbocycles. The summed E-state index contributed by atoms with van der Waals surface area (Å²) in [6.45, 7) is 3.61. The van der Waals surface area contributed by atoms with Crippen molar-refractivity contribution in [2.45, 2.75) is 31.8 Å². The first-order valence-electron chi connectivity index (χ1n) is 8.52. The lowest BCUT2D eigenvalue weighted by atomic mass is 10.1. The van der Waals surface area contributed by atoms with Gasteiger partial charge in [0.05, 0.1) is 18.0 Å². The number of hydrogen-bond donors (Lipinski definition) is 1. The average Bonchev–Trinajstić information content (AvgIpc) is 3.03. The van der Waals surface area contributed by atoms with E-state index >= 15 is 0 Å². The van der Waals surface area contributed by atoms with Crippen molar-refractivity contribution in [3.8, 4) is 11.5 Å². The molecule has 126 valence electrons. The number of H-pyrrole nitrogens is 1. The summed E-state index contributed by atoms with van der Waals surface area (Å²) in [6, 6.07) is 0. The predicted molar refractivity (Wildman–Crippen MR) is 88.7 cm³/mol. The Kier molecular flexibility index (Phi) is 4.36. The van der Waals surface area contributed by atoms with Crippen LogP contribution in [-0.2, 0) is 17.6 Å². The SMILES string of the molecule is O=c1[nH]c(-c2cnccn2)nc2c1CCN(C[C@@H]1CCCO1)CC2. The van der Waals surface area contributed by atoms with Crippen LogP contribution >= 0.6 is 0 Å². The lowest BCUT2D eigenvalue weighted by Crippen LogP contribution is -2.34. The number of aromatic nitrogens is 4. The van der Waals surface area contributed by atoms with E-state index in [1.807, 2.05) is 0 Å². The molecule has 1 N–H and O–H groups in total. The van der Waals surface area contributed by atoms with Crippen LogP contribution in [0.5, 0.6) is 0 Å². The maximum absolute atomic E-state index is 12.5. The first-order valence-corrected chi connectivity index (χ1v) is 8.52. The number of nitrogens with one attached hydrogen (secondary N) is 1. The van der Waals surface area contributed by atoms with Crippen molar-refractivity contribution in [2.24, 2.45) is 0 Å². The Morgan fingerprint density at radius 1 is 1.29 bits per heavy atom. The monoisotopic (exact) mass is 327 g/mol. The summed E-state index contributed by atoms with van der Waals surface area (Å²) in [5.41, 5.74) is 2.23. The fourth-order valence-electron chi connectivity index (χ4n) is 3.46. The minimum absolute atomic E-state index is 0.0559. The van der Waals surface area contributed by atoms with Crippen LogP contribution in [0, 0.1) is 0 Å². The van der Waals surface area contributed by atoms with E-state index in [2.05, 4.69) is 24.8 Å². The zero-order valence-corrected chi connectivity index (χ0v) is 13.6. The lowest BCUT2D eigenvalue weighted by Gasteiger charge is -2.22. The number of fused-ring (bicyclic) bond motifs is 1. The fourth-order valence-corrected chi connectivity index (χ4v) is 3.46. The third kappa shape index (κ3) is 3.22. The summed E-state index contributed by atoms with van der Waals surface area (Å²) in [6.07, 6.45) is 8.96. The van der Waals surface area contributed by atoms with Gasteiger partial charge in [-0.25, -0.2) is 9.97 Å². The summed E-state index contributed by atoms with van der Waals surface area (Å²) < 4.78 is 5.73. The van der Waals surface area contributed by atoms with E-state index in [0.717, 1.165) is 63.2 Å². The van der Waals surface area contributed by atoms with Gasteiger partial charge in [0, 0.05) is 50.6 Å². The molecule has 2 aliphatic rings. The van der Waals surface area contributed by atoms with E-state index in [1.165, 1.54) is 0 Å². The van der Waals surface area contributed by atoms with Gasteiger partial charge in [-0.3, -0.25) is 9.78 Å². The highest BCUT2D eigenvalue weighted by Gasteiger charge is 2.23. The number of ether oxygens (including phenoxy) is 1. The van der Waals surface area contributed by atoms with Gasteiger partial charge in [-0.1, -0.05) is 0 Å². The van der Waals surface area contributed by atoms with Crippen molar-refractivity contribution >= 4 is 0 Å². The largest absolute Gasteiger partial charge is 0.377 e. The second kappa shape index (κ2) is 6.78. The van der Waals surface area contributed by atoms with Crippen LogP contribution < -0.4 is 5.56 Å². The average molecular weight is 327 g/mol. The summed E-state index contributed by atoms with van der Waals surface area (Å²) in [5, 5.41) is 0. The van der Waals surface area contributed by atoms with Crippen LogP contribution in [-0.4, -0.2) is 57.2 Å². The van der Waals surface area contributed by atoms with Gasteiger partial charge in [-0.15, -0.1) is 0 Å². The van der Waals surface area contributed by atoms with Gasteiger partial charge in [0.25, 0.3) is 5.56 Å². The van der Waals surface area contributed by atoms with Gasteiger partial charge >= 0.3 is 0 Å². The van der Waals surface area contributed by atoms with Crippen LogP contribution in [0.3, 0.4) is 0 Å². The van der Waals surface area contributed by atoms with Gasteiger partial charge in [0.2, 0.25) is 0 Å². The maximum atomic E-state index is 12.5. The number of hydrogen-bond acceptors (Lipinski definition) is 6. The van der Waals surface area contributed by atoms with Crippen LogP contribution in [0.1, 0.15) is 24.1 Å². The van der Waals surface area contributed by atoms with Crippen LogP contribution in [0.2, 0.25) is 0 Å². The molecule has 1 saturated heterocycles. The molecule has 2 aliphatic heterocycles. The Balaban J connectivity index is 1.54. The van der Waals surface area contributed by atoms with Gasteiger partial charge in [-0.2, -0.15) is 0 Å². The first kappa shape index (κ1) is 15.4. The molecule has 1 fully saturated rings. The third-order valence-corrected chi connectivity index (χ3v) is 4.74. The Labute approximate surface area is 140 Å². The van der Waals surface area contributed by atoms with Crippen molar-refractivity contribution in [1.29, 1.82) is 0 Å². The fraction of sp³-hybridized carbons (Fsp3) is 0.529. The molecule has 24 heavy (non-hydrogen) atoms. The molecule has 1 atom stereocenters. The molecular formula is C17H21N5O2. The molecule has 2 aromatic heterocycles. The molecule has 0 saturated carbocycles. The highest BCUT2D eigenvalue weighted by molar-refractivity contribution is 5.47. The lowest BCUT2D eigenvalue weighted by molar-refractivity contribution is 0.0745. The minimum Gasteiger partial charge on any atom is -0.377 e. The Morgan fingerprint density at radius 3 is 3.00 bits per heavy atom. The van der Waals surface area contributed by atoms with Crippen LogP contribution in [0.15, 0.2) is 23.4 Å². The highest BCUT2D eigenvalue weighted by atomic mass is 16.5. The topological polar surface area (TPSA) is 84.0 Å². The molecule has 0 radical (unpaired) electrons. The van der Waals surface area contributed by atoms with E-state index < -0.39 is 0 Å². The predicted octanol–water partition coefficient (Wildman–Crippen LogP) is 0.806. The van der Waals surface area contributed by atoms with Crippen LogP contribution in [0.25, 0.3) is 11.5 Å². The van der Waals surface area contributed by atoms with E-state index in [9.17, 15) is 4.79 Å². The molecule has 0 bridgehead atoms. The van der Waals surface area contributed by atoms with Gasteiger partial charge in [-0.05, 0) is 19.3 Å². The molecule has 0 unspecified atom stereocenters. The molecule has 0 spiro atoms. The Hall–Kier alpha value is -2.12. The molecule has 7 nitrogen and oxygen atoms in total. The van der Waals surface area contributed by atoms with Crippen molar-refractivity contribution < 1.29 is 4.74 Å². The summed E-state index contributed by atoms with van der Waals surface area (Å²) in [7, 11) is 0. The van der Waals surface area contributed by atoms with Gasteiger partial charge in [0.1, 0.15) is 5.69 Å². The van der Waals surface area contributed by atoms with Crippen molar-refractivity contribution in [1.82, 2.24) is 24.8 Å². The molecule has 0 aromatic carbocycles. The Bertz CT molecular complexity index is 755. The normalized spacial score (nSPS) is 21.4. The Morgan fingerprint density at radius 2 is 2.21 bits per heavy atom. The first-order chi connectivity index (χ1) is 11.8. The summed E-state index contributed by atoms with van der Waals surface area (Å²) in [5.74, 6) is 0.499. The van der Waals surface area contributed by atoms with Crippen molar-refractivity contribution in [3.05, 3.63) is 40.2 Å². The van der Waals surface area contributed by atoms with E-state index in [4.69, 9.17) is 4.74 Å². The van der Waals surface area contributed by atoms with Crippen molar-refractivity contribution in [2.75, 3.05) is 26.2 Å². The minimum atomic E-state index is -0.0559. The van der Waals surface area contributed by atoms with Crippen LogP contribution in [0.4, 0.5) is 0 Å². The number of nitrogens with zero attached hydrogens (tertiary/aromatic N) is 4. The quantitative estimate of drug-likeness (QED) is 0.898.